The minimum absolute atomic E-state index is 0.582. The molecular formula is C16H23N. The molecule has 1 aliphatic heterocycles. The van der Waals surface area contributed by atoms with Crippen LogP contribution in [-0.4, -0.2) is 18.0 Å². The highest BCUT2D eigenvalue weighted by Gasteiger charge is 2.46. The van der Waals surface area contributed by atoms with Crippen LogP contribution in [0.25, 0.3) is 0 Å². The van der Waals surface area contributed by atoms with E-state index in [-0.39, 0.29) is 0 Å². The molecule has 2 fully saturated rings. The molecule has 2 aliphatic rings. The van der Waals surface area contributed by atoms with Crippen molar-refractivity contribution in [3.8, 4) is 0 Å². The molecule has 0 unspecified atom stereocenters. The normalized spacial score (nSPS) is 34.8. The second-order valence-electron chi connectivity index (χ2n) is 6.26. The molecule has 0 N–H and O–H groups in total. The van der Waals surface area contributed by atoms with E-state index in [1.807, 2.05) is 0 Å². The van der Waals surface area contributed by atoms with Crippen LogP contribution in [0.2, 0.25) is 0 Å². The van der Waals surface area contributed by atoms with Crippen LogP contribution < -0.4 is 0 Å². The van der Waals surface area contributed by atoms with Gasteiger partial charge in [-0.05, 0) is 36.7 Å². The maximum atomic E-state index is 2.69. The van der Waals surface area contributed by atoms with Gasteiger partial charge in [0.25, 0.3) is 0 Å². The highest BCUT2D eigenvalue weighted by Crippen LogP contribution is 2.49. The van der Waals surface area contributed by atoms with Crippen molar-refractivity contribution in [2.75, 3.05) is 13.1 Å². The average Bonchev–Trinajstić information content (AvgIpc) is 2.84. The van der Waals surface area contributed by atoms with Crippen molar-refractivity contribution < 1.29 is 0 Å². The highest BCUT2D eigenvalue weighted by atomic mass is 15.2. The van der Waals surface area contributed by atoms with Gasteiger partial charge in [0.05, 0.1) is 0 Å². The van der Waals surface area contributed by atoms with Crippen LogP contribution in [-0.2, 0) is 0 Å². The Balaban J connectivity index is 1.75. The molecule has 3 rings (SSSR count). The SMILES string of the molecule is C[C@H](c1ccccc1)N1C[C@H]2CCC[C@@]2(C)C1. The van der Waals surface area contributed by atoms with Gasteiger partial charge < -0.3 is 0 Å². The third-order valence-corrected chi connectivity index (χ3v) is 5.13. The number of benzene rings is 1. The van der Waals surface area contributed by atoms with Crippen LogP contribution in [0, 0.1) is 11.3 Å². The topological polar surface area (TPSA) is 3.24 Å². The van der Waals surface area contributed by atoms with Crippen molar-refractivity contribution in [3.05, 3.63) is 35.9 Å². The minimum atomic E-state index is 0.582. The Labute approximate surface area is 105 Å². The molecule has 0 radical (unpaired) electrons. The van der Waals surface area contributed by atoms with Crippen LogP contribution in [0.15, 0.2) is 30.3 Å². The zero-order valence-corrected chi connectivity index (χ0v) is 11.0. The van der Waals surface area contributed by atoms with Crippen LogP contribution in [0.3, 0.4) is 0 Å². The van der Waals surface area contributed by atoms with Gasteiger partial charge in [0.2, 0.25) is 0 Å². The van der Waals surface area contributed by atoms with E-state index in [1.54, 1.807) is 0 Å². The summed E-state index contributed by atoms with van der Waals surface area (Å²) in [6, 6.07) is 11.5. The minimum Gasteiger partial charge on any atom is -0.296 e. The van der Waals surface area contributed by atoms with Crippen molar-refractivity contribution in [3.63, 3.8) is 0 Å². The molecule has 1 heteroatoms. The van der Waals surface area contributed by atoms with E-state index in [0.29, 0.717) is 11.5 Å². The summed E-state index contributed by atoms with van der Waals surface area (Å²) in [6.07, 6.45) is 4.35. The van der Waals surface area contributed by atoms with Crippen molar-refractivity contribution in [2.45, 2.75) is 39.2 Å². The van der Waals surface area contributed by atoms with E-state index < -0.39 is 0 Å². The van der Waals surface area contributed by atoms with E-state index in [9.17, 15) is 0 Å². The van der Waals surface area contributed by atoms with Gasteiger partial charge in [0, 0.05) is 19.1 Å². The van der Waals surface area contributed by atoms with Crippen LogP contribution in [0.5, 0.6) is 0 Å². The van der Waals surface area contributed by atoms with Gasteiger partial charge in [-0.2, -0.15) is 0 Å². The lowest BCUT2D eigenvalue weighted by molar-refractivity contribution is 0.220. The fourth-order valence-corrected chi connectivity index (χ4v) is 3.87. The standard InChI is InChI=1S/C16H23N/c1-13(14-7-4-3-5-8-14)17-11-15-9-6-10-16(15,2)12-17/h3-5,7-8,13,15H,6,9-12H2,1-2H3/t13-,15-,16+/m1/s1. The molecule has 92 valence electrons. The predicted octanol–water partition coefficient (Wildman–Crippen LogP) is 3.87. The number of likely N-dealkylation sites (tertiary alicyclic amines) is 1. The molecule has 1 heterocycles. The van der Waals surface area contributed by atoms with E-state index in [4.69, 9.17) is 0 Å². The average molecular weight is 229 g/mol. The highest BCUT2D eigenvalue weighted by molar-refractivity contribution is 5.19. The summed E-state index contributed by atoms with van der Waals surface area (Å²) < 4.78 is 0. The Morgan fingerprint density at radius 3 is 2.76 bits per heavy atom. The van der Waals surface area contributed by atoms with Crippen LogP contribution >= 0.6 is 0 Å². The molecule has 1 aliphatic carbocycles. The third-order valence-electron chi connectivity index (χ3n) is 5.13. The summed E-state index contributed by atoms with van der Waals surface area (Å²) >= 11 is 0. The van der Waals surface area contributed by atoms with Gasteiger partial charge in [-0.25, -0.2) is 0 Å². The maximum absolute atomic E-state index is 2.69. The first-order valence-corrected chi connectivity index (χ1v) is 6.98. The van der Waals surface area contributed by atoms with Gasteiger partial charge in [0.15, 0.2) is 0 Å². The number of hydrogen-bond donors (Lipinski definition) is 0. The number of nitrogens with zero attached hydrogens (tertiary/aromatic N) is 1. The Bertz CT molecular complexity index is 386. The summed E-state index contributed by atoms with van der Waals surface area (Å²) in [7, 11) is 0. The van der Waals surface area contributed by atoms with Crippen LogP contribution in [0.4, 0.5) is 0 Å². The Morgan fingerprint density at radius 2 is 2.06 bits per heavy atom. The molecule has 1 saturated heterocycles. The lowest BCUT2D eigenvalue weighted by Gasteiger charge is -2.27. The van der Waals surface area contributed by atoms with Gasteiger partial charge >= 0.3 is 0 Å². The zero-order chi connectivity index (χ0) is 11.9. The number of rotatable bonds is 2. The van der Waals surface area contributed by atoms with Gasteiger partial charge in [0.1, 0.15) is 0 Å². The Hall–Kier alpha value is -0.820. The third kappa shape index (κ3) is 1.91. The number of hydrogen-bond acceptors (Lipinski definition) is 1. The molecule has 0 spiro atoms. The summed E-state index contributed by atoms with van der Waals surface area (Å²) in [5, 5.41) is 0. The molecule has 1 nitrogen and oxygen atoms in total. The zero-order valence-electron chi connectivity index (χ0n) is 11.0. The fraction of sp³-hybridized carbons (Fsp3) is 0.625. The second-order valence-corrected chi connectivity index (χ2v) is 6.26. The molecule has 1 aromatic rings. The molecule has 1 saturated carbocycles. The lowest BCUT2D eigenvalue weighted by atomic mass is 9.83. The fourth-order valence-electron chi connectivity index (χ4n) is 3.87. The molecular weight excluding hydrogens is 206 g/mol. The van der Waals surface area contributed by atoms with Gasteiger partial charge in [-0.15, -0.1) is 0 Å². The predicted molar refractivity (Wildman–Crippen MR) is 71.9 cm³/mol. The summed E-state index contributed by atoms with van der Waals surface area (Å²) in [5.74, 6) is 0.952. The van der Waals surface area contributed by atoms with Crippen molar-refractivity contribution in [2.24, 2.45) is 11.3 Å². The smallest absolute Gasteiger partial charge is 0.0320 e. The van der Waals surface area contributed by atoms with Gasteiger partial charge in [-0.3, -0.25) is 4.90 Å². The van der Waals surface area contributed by atoms with E-state index in [1.165, 1.54) is 37.9 Å². The van der Waals surface area contributed by atoms with E-state index >= 15 is 0 Å². The molecule has 3 atom stereocenters. The van der Waals surface area contributed by atoms with E-state index in [2.05, 4.69) is 49.1 Å². The molecule has 1 aromatic carbocycles. The van der Waals surface area contributed by atoms with Crippen molar-refractivity contribution >= 4 is 0 Å². The Morgan fingerprint density at radius 1 is 1.29 bits per heavy atom. The first-order chi connectivity index (χ1) is 8.19. The van der Waals surface area contributed by atoms with Crippen LogP contribution in [0.1, 0.15) is 44.7 Å². The molecule has 0 aromatic heterocycles. The molecule has 0 bridgehead atoms. The maximum Gasteiger partial charge on any atom is 0.0320 e. The molecule has 17 heavy (non-hydrogen) atoms. The lowest BCUT2D eigenvalue weighted by Crippen LogP contribution is -2.27. The first-order valence-electron chi connectivity index (χ1n) is 6.98. The summed E-state index contributed by atoms with van der Waals surface area (Å²) in [6.45, 7) is 7.47. The molecule has 0 amide bonds. The quantitative estimate of drug-likeness (QED) is 0.744. The largest absolute Gasteiger partial charge is 0.296 e. The number of fused-ring (bicyclic) bond motifs is 1. The summed E-state index contributed by atoms with van der Waals surface area (Å²) in [4.78, 5) is 2.69. The van der Waals surface area contributed by atoms with Crippen molar-refractivity contribution in [1.82, 2.24) is 4.90 Å². The monoisotopic (exact) mass is 229 g/mol. The van der Waals surface area contributed by atoms with Gasteiger partial charge in [-0.1, -0.05) is 43.7 Å². The van der Waals surface area contributed by atoms with Crippen molar-refractivity contribution in [1.29, 1.82) is 0 Å². The first kappa shape index (κ1) is 11.3. The summed E-state index contributed by atoms with van der Waals surface area (Å²) in [5.41, 5.74) is 2.08. The van der Waals surface area contributed by atoms with E-state index in [0.717, 1.165) is 5.92 Å². The Kier molecular flexibility index (Phi) is 2.74. The second kappa shape index (κ2) is 4.13.